The third-order valence-corrected chi connectivity index (χ3v) is 6.48. The number of ketones is 1. The number of aliphatic hydroxyl groups is 1. The highest BCUT2D eigenvalue weighted by atomic mass is 16.5. The molecular weight excluding hydrogens is 456 g/mol. The van der Waals surface area contributed by atoms with Crippen LogP contribution < -0.4 is 9.47 Å². The predicted octanol–water partition coefficient (Wildman–Crippen LogP) is 4.42. The van der Waals surface area contributed by atoms with Gasteiger partial charge in [-0.25, -0.2) is 0 Å². The van der Waals surface area contributed by atoms with Crippen LogP contribution in [0.2, 0.25) is 0 Å². The summed E-state index contributed by atoms with van der Waals surface area (Å²) in [6.07, 6.45) is 2.45. The van der Waals surface area contributed by atoms with E-state index in [-0.39, 0.29) is 11.3 Å². The minimum absolute atomic E-state index is 0.113. The SMILES string of the molecule is CC(C)COc1cccc(C2/C(=C(/O)c3ccc4c(c3)CCCO4)C(=O)C(=O)N2CCCN(C)C)c1. The number of nitrogens with zero attached hydrogens (tertiary/aromatic N) is 2. The standard InChI is InChI=1S/C29H36N2O5/c1-19(2)18-36-23-10-5-8-21(17-23)26-25(28(33)29(34)31(26)14-7-13-30(3)4)27(32)22-11-12-24-20(16-22)9-6-15-35-24/h5,8,10-12,16-17,19,26,32H,6-7,9,13-15,18H2,1-4H3/b27-25-. The van der Waals surface area contributed by atoms with Crippen LogP contribution in [-0.2, 0) is 16.0 Å². The van der Waals surface area contributed by atoms with Crippen molar-refractivity contribution in [1.82, 2.24) is 9.80 Å². The van der Waals surface area contributed by atoms with Crippen molar-refractivity contribution in [3.05, 3.63) is 64.7 Å². The van der Waals surface area contributed by atoms with Gasteiger partial charge in [-0.05, 0) is 87.3 Å². The number of amides is 1. The molecule has 0 aromatic heterocycles. The van der Waals surface area contributed by atoms with Gasteiger partial charge in [-0.15, -0.1) is 0 Å². The largest absolute Gasteiger partial charge is 0.507 e. The zero-order chi connectivity index (χ0) is 25.8. The number of carbonyl (C=O) groups is 2. The van der Waals surface area contributed by atoms with Crippen LogP contribution >= 0.6 is 0 Å². The maximum atomic E-state index is 13.3. The molecule has 2 aliphatic rings. The summed E-state index contributed by atoms with van der Waals surface area (Å²) in [4.78, 5) is 30.2. The van der Waals surface area contributed by atoms with Crippen molar-refractivity contribution in [3.8, 4) is 11.5 Å². The number of ether oxygens (including phenoxy) is 2. The van der Waals surface area contributed by atoms with Crippen LogP contribution in [0, 0.1) is 5.92 Å². The number of aliphatic hydroxyl groups excluding tert-OH is 1. The number of hydrogen-bond acceptors (Lipinski definition) is 6. The summed E-state index contributed by atoms with van der Waals surface area (Å²) in [5.74, 6) is 0.424. The zero-order valence-corrected chi connectivity index (χ0v) is 21.6. The Morgan fingerprint density at radius 2 is 2.00 bits per heavy atom. The van der Waals surface area contributed by atoms with Crippen molar-refractivity contribution in [2.45, 2.75) is 39.2 Å². The summed E-state index contributed by atoms with van der Waals surface area (Å²) in [6.45, 7) is 6.56. The van der Waals surface area contributed by atoms with E-state index in [4.69, 9.17) is 9.47 Å². The van der Waals surface area contributed by atoms with E-state index in [1.54, 1.807) is 11.0 Å². The first-order valence-electron chi connectivity index (χ1n) is 12.7. The number of fused-ring (bicyclic) bond motifs is 1. The van der Waals surface area contributed by atoms with Crippen molar-refractivity contribution in [2.24, 2.45) is 5.92 Å². The maximum absolute atomic E-state index is 13.3. The molecule has 0 spiro atoms. The number of aryl methyl sites for hydroxylation is 1. The first-order valence-corrected chi connectivity index (χ1v) is 12.7. The normalized spacial score (nSPS) is 19.1. The molecule has 1 fully saturated rings. The highest BCUT2D eigenvalue weighted by molar-refractivity contribution is 6.46. The van der Waals surface area contributed by atoms with Gasteiger partial charge in [0.2, 0.25) is 0 Å². The third-order valence-electron chi connectivity index (χ3n) is 6.48. The molecule has 2 aromatic rings. The molecule has 1 saturated heterocycles. The molecule has 7 nitrogen and oxygen atoms in total. The van der Waals surface area contributed by atoms with Gasteiger partial charge in [0.05, 0.1) is 24.8 Å². The van der Waals surface area contributed by atoms with E-state index in [2.05, 4.69) is 13.8 Å². The van der Waals surface area contributed by atoms with Crippen LogP contribution in [0.25, 0.3) is 5.76 Å². The Balaban J connectivity index is 1.76. The van der Waals surface area contributed by atoms with Crippen molar-refractivity contribution in [3.63, 3.8) is 0 Å². The fourth-order valence-corrected chi connectivity index (χ4v) is 4.71. The minimum Gasteiger partial charge on any atom is -0.507 e. The summed E-state index contributed by atoms with van der Waals surface area (Å²) in [5, 5.41) is 11.4. The average molecular weight is 493 g/mol. The summed E-state index contributed by atoms with van der Waals surface area (Å²) >= 11 is 0. The van der Waals surface area contributed by atoms with Gasteiger partial charge in [-0.3, -0.25) is 9.59 Å². The van der Waals surface area contributed by atoms with Gasteiger partial charge in [0.25, 0.3) is 11.7 Å². The molecule has 1 unspecified atom stereocenters. The lowest BCUT2D eigenvalue weighted by molar-refractivity contribution is -0.139. The molecule has 7 heteroatoms. The zero-order valence-electron chi connectivity index (χ0n) is 21.6. The summed E-state index contributed by atoms with van der Waals surface area (Å²) in [5.41, 5.74) is 2.36. The number of benzene rings is 2. The quantitative estimate of drug-likeness (QED) is 0.317. The molecule has 1 atom stereocenters. The Morgan fingerprint density at radius 3 is 2.75 bits per heavy atom. The fourth-order valence-electron chi connectivity index (χ4n) is 4.71. The third kappa shape index (κ3) is 5.57. The first-order chi connectivity index (χ1) is 17.3. The molecule has 4 rings (SSSR count). The maximum Gasteiger partial charge on any atom is 0.295 e. The molecule has 0 saturated carbocycles. The Labute approximate surface area is 213 Å². The lowest BCUT2D eigenvalue weighted by Crippen LogP contribution is -2.32. The second-order valence-corrected chi connectivity index (χ2v) is 10.2. The number of likely N-dealkylation sites (tertiary alicyclic amines) is 1. The number of hydrogen-bond donors (Lipinski definition) is 1. The van der Waals surface area contributed by atoms with Crippen LogP contribution in [0.15, 0.2) is 48.0 Å². The molecule has 1 amide bonds. The molecule has 2 heterocycles. The van der Waals surface area contributed by atoms with Gasteiger partial charge in [0.1, 0.15) is 17.3 Å². The van der Waals surface area contributed by atoms with Gasteiger partial charge in [-0.2, -0.15) is 0 Å². The number of Topliss-reactive ketones (excluding diaryl/α,β-unsaturated/α-hetero) is 1. The highest BCUT2D eigenvalue weighted by Gasteiger charge is 2.46. The molecular formula is C29H36N2O5. The second-order valence-electron chi connectivity index (χ2n) is 10.2. The van der Waals surface area contributed by atoms with Crippen LogP contribution in [0.1, 0.15) is 49.4 Å². The second kappa shape index (κ2) is 11.2. The molecule has 192 valence electrons. The van der Waals surface area contributed by atoms with Crippen LogP contribution in [0.3, 0.4) is 0 Å². The first kappa shape index (κ1) is 25.8. The van der Waals surface area contributed by atoms with Gasteiger partial charge < -0.3 is 24.4 Å². The summed E-state index contributed by atoms with van der Waals surface area (Å²) < 4.78 is 11.6. The molecule has 0 radical (unpaired) electrons. The smallest absolute Gasteiger partial charge is 0.295 e. The molecule has 1 N–H and O–H groups in total. The summed E-state index contributed by atoms with van der Waals surface area (Å²) in [7, 11) is 3.95. The predicted molar refractivity (Wildman–Crippen MR) is 139 cm³/mol. The highest BCUT2D eigenvalue weighted by Crippen LogP contribution is 2.41. The fraction of sp³-hybridized carbons (Fsp3) is 0.448. The molecule has 2 aromatic carbocycles. The Morgan fingerprint density at radius 1 is 1.19 bits per heavy atom. The van der Waals surface area contributed by atoms with Crippen molar-refractivity contribution in [1.29, 1.82) is 0 Å². The lowest BCUT2D eigenvalue weighted by atomic mass is 9.94. The molecule has 2 aliphatic heterocycles. The van der Waals surface area contributed by atoms with Crippen molar-refractivity contribution < 1.29 is 24.2 Å². The van der Waals surface area contributed by atoms with Gasteiger partial charge in [0.15, 0.2) is 0 Å². The van der Waals surface area contributed by atoms with Crippen molar-refractivity contribution in [2.75, 3.05) is 40.4 Å². The van der Waals surface area contributed by atoms with E-state index < -0.39 is 17.7 Å². The lowest BCUT2D eigenvalue weighted by Gasteiger charge is -2.26. The van der Waals surface area contributed by atoms with Crippen LogP contribution in [-0.4, -0.2) is 67.0 Å². The Bertz CT molecular complexity index is 1150. The molecule has 0 bridgehead atoms. The number of rotatable bonds is 9. The van der Waals surface area contributed by atoms with E-state index in [0.29, 0.717) is 43.4 Å². The molecule has 36 heavy (non-hydrogen) atoms. The minimum atomic E-state index is -0.693. The van der Waals surface area contributed by atoms with E-state index in [1.165, 1.54) is 0 Å². The topological polar surface area (TPSA) is 79.3 Å². The van der Waals surface area contributed by atoms with E-state index in [0.717, 1.165) is 36.3 Å². The number of carbonyl (C=O) groups excluding carboxylic acids is 2. The summed E-state index contributed by atoms with van der Waals surface area (Å²) in [6, 6.07) is 12.2. The van der Waals surface area contributed by atoms with E-state index in [9.17, 15) is 14.7 Å². The Hall–Kier alpha value is -3.32. The van der Waals surface area contributed by atoms with E-state index in [1.807, 2.05) is 55.4 Å². The van der Waals surface area contributed by atoms with Crippen LogP contribution in [0.4, 0.5) is 0 Å². The monoisotopic (exact) mass is 492 g/mol. The average Bonchev–Trinajstić information content (AvgIpc) is 3.11. The van der Waals surface area contributed by atoms with E-state index >= 15 is 0 Å². The van der Waals surface area contributed by atoms with Gasteiger partial charge in [0, 0.05) is 12.1 Å². The van der Waals surface area contributed by atoms with Gasteiger partial charge in [-0.1, -0.05) is 26.0 Å². The molecule has 0 aliphatic carbocycles. The van der Waals surface area contributed by atoms with Crippen molar-refractivity contribution >= 4 is 17.4 Å². The van der Waals surface area contributed by atoms with Crippen LogP contribution in [0.5, 0.6) is 11.5 Å². The Kier molecular flexibility index (Phi) is 7.99. The van der Waals surface area contributed by atoms with Gasteiger partial charge >= 0.3 is 0 Å².